The zero-order chi connectivity index (χ0) is 7.28. The van der Waals surface area contributed by atoms with Gasteiger partial charge in [-0.25, -0.2) is 0 Å². The highest BCUT2D eigenvalue weighted by atomic mass is 16.5. The first-order valence-electron chi connectivity index (χ1n) is 3.04. The van der Waals surface area contributed by atoms with Crippen LogP contribution in [0.15, 0.2) is 0 Å². The van der Waals surface area contributed by atoms with E-state index in [0.29, 0.717) is 6.73 Å². The van der Waals surface area contributed by atoms with E-state index < -0.39 is 0 Å². The summed E-state index contributed by atoms with van der Waals surface area (Å²) in [4.78, 5) is 1.91. The number of aliphatic hydroxyl groups is 1. The van der Waals surface area contributed by atoms with Gasteiger partial charge in [-0.3, -0.25) is 4.90 Å². The SMILES string of the molecule is CC(CO)OCN(C)C. The lowest BCUT2D eigenvalue weighted by molar-refractivity contribution is -0.0204. The van der Waals surface area contributed by atoms with Crippen LogP contribution in [-0.4, -0.2) is 43.5 Å². The van der Waals surface area contributed by atoms with Crippen molar-refractivity contribution in [2.24, 2.45) is 0 Å². The number of rotatable bonds is 4. The van der Waals surface area contributed by atoms with Crippen molar-refractivity contribution in [3.8, 4) is 0 Å². The van der Waals surface area contributed by atoms with E-state index in [-0.39, 0.29) is 12.7 Å². The fourth-order valence-electron chi connectivity index (χ4n) is 0.329. The Balaban J connectivity index is 3.06. The molecule has 0 saturated carbocycles. The number of nitrogens with zero attached hydrogens (tertiary/aromatic N) is 1. The third kappa shape index (κ3) is 5.76. The maximum atomic E-state index is 8.50. The summed E-state index contributed by atoms with van der Waals surface area (Å²) in [6.07, 6.45) is -0.0487. The quantitative estimate of drug-likeness (QED) is 0.544. The van der Waals surface area contributed by atoms with Crippen molar-refractivity contribution in [1.29, 1.82) is 0 Å². The van der Waals surface area contributed by atoms with Crippen molar-refractivity contribution >= 4 is 0 Å². The van der Waals surface area contributed by atoms with Crippen LogP contribution in [-0.2, 0) is 4.74 Å². The van der Waals surface area contributed by atoms with Crippen molar-refractivity contribution in [1.82, 2.24) is 4.90 Å². The van der Waals surface area contributed by atoms with Gasteiger partial charge in [-0.2, -0.15) is 0 Å². The standard InChI is InChI=1S/C6H15NO2/c1-6(4-8)9-5-7(2)3/h6,8H,4-5H2,1-3H3. The van der Waals surface area contributed by atoms with Gasteiger partial charge in [0, 0.05) is 0 Å². The molecule has 1 N–H and O–H groups in total. The molecular weight excluding hydrogens is 118 g/mol. The molecule has 0 heterocycles. The van der Waals surface area contributed by atoms with E-state index in [9.17, 15) is 0 Å². The molecule has 0 aliphatic heterocycles. The summed E-state index contributed by atoms with van der Waals surface area (Å²) in [5.74, 6) is 0. The first-order valence-corrected chi connectivity index (χ1v) is 3.04. The van der Waals surface area contributed by atoms with Gasteiger partial charge >= 0.3 is 0 Å². The Hall–Kier alpha value is -0.120. The molecule has 0 aromatic carbocycles. The van der Waals surface area contributed by atoms with Gasteiger partial charge in [-0.1, -0.05) is 0 Å². The van der Waals surface area contributed by atoms with Crippen LogP contribution in [0.25, 0.3) is 0 Å². The monoisotopic (exact) mass is 133 g/mol. The topological polar surface area (TPSA) is 32.7 Å². The summed E-state index contributed by atoms with van der Waals surface area (Å²) in [5.41, 5.74) is 0. The minimum absolute atomic E-state index is 0.0487. The number of aliphatic hydroxyl groups excluding tert-OH is 1. The van der Waals surface area contributed by atoms with Crippen molar-refractivity contribution in [3.63, 3.8) is 0 Å². The van der Waals surface area contributed by atoms with Crippen LogP contribution in [0.3, 0.4) is 0 Å². The van der Waals surface area contributed by atoms with Crippen LogP contribution in [0.4, 0.5) is 0 Å². The Labute approximate surface area is 56.2 Å². The van der Waals surface area contributed by atoms with Gasteiger partial charge in [-0.05, 0) is 21.0 Å². The van der Waals surface area contributed by atoms with Crippen LogP contribution in [0.1, 0.15) is 6.92 Å². The lowest BCUT2D eigenvalue weighted by Crippen LogP contribution is -2.22. The molecule has 0 aromatic rings. The maximum Gasteiger partial charge on any atom is 0.0990 e. The summed E-state index contributed by atoms with van der Waals surface area (Å²) >= 11 is 0. The van der Waals surface area contributed by atoms with Gasteiger partial charge in [-0.15, -0.1) is 0 Å². The minimum Gasteiger partial charge on any atom is -0.394 e. The second kappa shape index (κ2) is 4.73. The Bertz CT molecular complexity index is 66.1. The molecule has 3 nitrogen and oxygen atoms in total. The van der Waals surface area contributed by atoms with E-state index in [2.05, 4.69) is 0 Å². The molecule has 0 fully saturated rings. The summed E-state index contributed by atoms with van der Waals surface area (Å²) < 4.78 is 5.13. The van der Waals surface area contributed by atoms with Crippen molar-refractivity contribution in [2.75, 3.05) is 27.4 Å². The van der Waals surface area contributed by atoms with E-state index in [1.54, 1.807) is 0 Å². The summed E-state index contributed by atoms with van der Waals surface area (Å²) in [6, 6.07) is 0. The van der Waals surface area contributed by atoms with E-state index >= 15 is 0 Å². The van der Waals surface area contributed by atoms with Gasteiger partial charge in [0.1, 0.15) is 0 Å². The molecule has 0 rings (SSSR count). The van der Waals surface area contributed by atoms with Gasteiger partial charge in [0.25, 0.3) is 0 Å². The summed E-state index contributed by atoms with van der Waals surface area (Å²) in [6.45, 7) is 2.50. The van der Waals surface area contributed by atoms with Crippen LogP contribution in [0, 0.1) is 0 Å². The highest BCUT2D eigenvalue weighted by molar-refractivity contribution is 4.42. The second-order valence-electron chi connectivity index (χ2n) is 2.37. The third-order valence-corrected chi connectivity index (χ3v) is 0.874. The maximum absolute atomic E-state index is 8.50. The van der Waals surface area contributed by atoms with Crippen molar-refractivity contribution < 1.29 is 9.84 Å². The molecule has 56 valence electrons. The Morgan fingerprint density at radius 2 is 2.11 bits per heavy atom. The first kappa shape index (κ1) is 8.88. The van der Waals surface area contributed by atoms with Crippen LogP contribution >= 0.6 is 0 Å². The van der Waals surface area contributed by atoms with Gasteiger partial charge in [0.15, 0.2) is 0 Å². The highest BCUT2D eigenvalue weighted by Crippen LogP contribution is 1.87. The van der Waals surface area contributed by atoms with Gasteiger partial charge in [0.2, 0.25) is 0 Å². The van der Waals surface area contributed by atoms with E-state index in [1.165, 1.54) is 0 Å². The van der Waals surface area contributed by atoms with Gasteiger partial charge in [0.05, 0.1) is 19.4 Å². The fourth-order valence-corrected chi connectivity index (χ4v) is 0.329. The molecule has 1 unspecified atom stereocenters. The number of ether oxygens (including phenoxy) is 1. The summed E-state index contributed by atoms with van der Waals surface area (Å²) in [5, 5.41) is 8.50. The predicted octanol–water partition coefficient (Wildman–Crippen LogP) is -0.0971. The zero-order valence-corrected chi connectivity index (χ0v) is 6.29. The third-order valence-electron chi connectivity index (χ3n) is 0.874. The average Bonchev–Trinajstić information content (AvgIpc) is 1.83. The van der Waals surface area contributed by atoms with E-state index in [1.807, 2.05) is 25.9 Å². The van der Waals surface area contributed by atoms with Crippen molar-refractivity contribution in [3.05, 3.63) is 0 Å². The molecule has 0 amide bonds. The minimum atomic E-state index is -0.0487. The van der Waals surface area contributed by atoms with Crippen molar-refractivity contribution in [2.45, 2.75) is 13.0 Å². The molecule has 1 atom stereocenters. The zero-order valence-electron chi connectivity index (χ0n) is 6.29. The Morgan fingerprint density at radius 1 is 1.56 bits per heavy atom. The molecule has 0 aromatic heterocycles. The first-order chi connectivity index (χ1) is 4.16. The largest absolute Gasteiger partial charge is 0.394 e. The van der Waals surface area contributed by atoms with Crippen LogP contribution < -0.4 is 0 Å². The smallest absolute Gasteiger partial charge is 0.0990 e. The van der Waals surface area contributed by atoms with E-state index in [0.717, 1.165) is 0 Å². The fraction of sp³-hybridized carbons (Fsp3) is 1.00. The lowest BCUT2D eigenvalue weighted by Gasteiger charge is -2.13. The number of hydrogen-bond acceptors (Lipinski definition) is 3. The molecule has 0 saturated heterocycles. The highest BCUT2D eigenvalue weighted by Gasteiger charge is 1.97. The molecule has 0 aliphatic rings. The molecule has 0 bridgehead atoms. The molecule has 0 radical (unpaired) electrons. The van der Waals surface area contributed by atoms with Crippen LogP contribution in [0.2, 0.25) is 0 Å². The molecular formula is C6H15NO2. The van der Waals surface area contributed by atoms with Gasteiger partial charge < -0.3 is 9.84 Å². The molecule has 0 spiro atoms. The Morgan fingerprint density at radius 3 is 2.44 bits per heavy atom. The Kier molecular flexibility index (Phi) is 4.67. The predicted molar refractivity (Wildman–Crippen MR) is 36.2 cm³/mol. The van der Waals surface area contributed by atoms with E-state index in [4.69, 9.17) is 9.84 Å². The second-order valence-corrected chi connectivity index (χ2v) is 2.37. The normalized spacial score (nSPS) is 14.3. The van der Waals surface area contributed by atoms with Crippen LogP contribution in [0.5, 0.6) is 0 Å². The molecule has 9 heavy (non-hydrogen) atoms. The average molecular weight is 133 g/mol. The molecule has 0 aliphatic carbocycles. The molecule has 3 heteroatoms. The number of hydrogen-bond donors (Lipinski definition) is 1. The lowest BCUT2D eigenvalue weighted by atomic mass is 10.4. The summed E-state index contributed by atoms with van der Waals surface area (Å²) in [7, 11) is 3.84.